The third-order valence-electron chi connectivity index (χ3n) is 5.46. The third-order valence-corrected chi connectivity index (χ3v) is 5.46. The van der Waals surface area contributed by atoms with Gasteiger partial charge in [0, 0.05) is 5.56 Å². The van der Waals surface area contributed by atoms with Gasteiger partial charge in [-0.15, -0.1) is 6.58 Å². The van der Waals surface area contributed by atoms with Crippen LogP contribution in [0.3, 0.4) is 0 Å². The van der Waals surface area contributed by atoms with Crippen LogP contribution in [0.1, 0.15) is 22.3 Å². The van der Waals surface area contributed by atoms with E-state index in [1.54, 1.807) is 7.11 Å². The van der Waals surface area contributed by atoms with Gasteiger partial charge in [-0.25, -0.2) is 0 Å². The van der Waals surface area contributed by atoms with Gasteiger partial charge in [0.25, 0.3) is 0 Å². The van der Waals surface area contributed by atoms with E-state index < -0.39 is 0 Å². The van der Waals surface area contributed by atoms with E-state index in [4.69, 9.17) is 9.47 Å². The molecule has 0 N–H and O–H groups in total. The molecule has 0 aliphatic carbocycles. The van der Waals surface area contributed by atoms with Crippen molar-refractivity contribution in [1.82, 2.24) is 0 Å². The second kappa shape index (κ2) is 10.3. The van der Waals surface area contributed by atoms with Crippen molar-refractivity contribution in [1.29, 1.82) is 5.26 Å². The number of hydrogen-bond donors (Lipinski definition) is 0. The summed E-state index contributed by atoms with van der Waals surface area (Å²) in [5.41, 5.74) is 4.38. The van der Waals surface area contributed by atoms with E-state index in [1.165, 1.54) is 0 Å². The molecule has 0 saturated heterocycles. The zero-order valence-corrected chi connectivity index (χ0v) is 18.6. The standard InChI is InChI=1S/C30H25NO2/c1-3-9-27-16-23(18-29(32-2)30(27)33-21-22-10-5-4-6-11-22)17-28(20-31)26-15-14-24-12-7-8-13-25(24)19-26/h3-8,10-19H,1,9,21H2,2H3/b28-17-. The van der Waals surface area contributed by atoms with Crippen LogP contribution in [0, 0.1) is 11.3 Å². The first kappa shape index (κ1) is 21.9. The molecule has 4 rings (SSSR count). The number of ether oxygens (including phenoxy) is 2. The molecule has 0 atom stereocenters. The predicted molar refractivity (Wildman–Crippen MR) is 135 cm³/mol. The van der Waals surface area contributed by atoms with E-state index in [0.717, 1.165) is 33.0 Å². The third kappa shape index (κ3) is 5.14. The minimum Gasteiger partial charge on any atom is -0.493 e. The fourth-order valence-electron chi connectivity index (χ4n) is 3.82. The van der Waals surface area contributed by atoms with E-state index in [0.29, 0.717) is 30.1 Å². The molecule has 0 bridgehead atoms. The predicted octanol–water partition coefficient (Wildman–Crippen LogP) is 7.22. The van der Waals surface area contributed by atoms with Gasteiger partial charge < -0.3 is 9.47 Å². The van der Waals surface area contributed by atoms with Crippen molar-refractivity contribution in [2.24, 2.45) is 0 Å². The van der Waals surface area contributed by atoms with Gasteiger partial charge in [0.1, 0.15) is 6.61 Å². The van der Waals surface area contributed by atoms with Crippen LogP contribution >= 0.6 is 0 Å². The summed E-state index contributed by atoms with van der Waals surface area (Å²) in [5, 5.41) is 12.1. The maximum absolute atomic E-state index is 9.89. The number of hydrogen-bond acceptors (Lipinski definition) is 3. The lowest BCUT2D eigenvalue weighted by Crippen LogP contribution is -2.01. The lowest BCUT2D eigenvalue weighted by Gasteiger charge is -2.16. The molecule has 0 heterocycles. The summed E-state index contributed by atoms with van der Waals surface area (Å²) in [7, 11) is 1.63. The quantitative estimate of drug-likeness (QED) is 0.168. The average Bonchev–Trinajstić information content (AvgIpc) is 2.86. The van der Waals surface area contributed by atoms with Gasteiger partial charge >= 0.3 is 0 Å². The lowest BCUT2D eigenvalue weighted by atomic mass is 9.98. The van der Waals surface area contributed by atoms with Gasteiger partial charge in [-0.2, -0.15) is 5.26 Å². The van der Waals surface area contributed by atoms with Crippen molar-refractivity contribution >= 4 is 22.4 Å². The molecule has 162 valence electrons. The van der Waals surface area contributed by atoms with Crippen molar-refractivity contribution < 1.29 is 9.47 Å². The van der Waals surface area contributed by atoms with Gasteiger partial charge in [0.05, 0.1) is 18.8 Å². The smallest absolute Gasteiger partial charge is 0.165 e. The van der Waals surface area contributed by atoms with E-state index in [-0.39, 0.29) is 0 Å². The van der Waals surface area contributed by atoms with Crippen molar-refractivity contribution in [2.75, 3.05) is 7.11 Å². The summed E-state index contributed by atoms with van der Waals surface area (Å²) >= 11 is 0. The van der Waals surface area contributed by atoms with Gasteiger partial charge in [0.2, 0.25) is 0 Å². The Kier molecular flexibility index (Phi) is 6.87. The minimum absolute atomic E-state index is 0.442. The second-order valence-electron chi connectivity index (χ2n) is 7.71. The summed E-state index contributed by atoms with van der Waals surface area (Å²) in [6.07, 6.45) is 4.35. The normalized spacial score (nSPS) is 11.1. The zero-order valence-electron chi connectivity index (χ0n) is 18.6. The van der Waals surface area contributed by atoms with Crippen LogP contribution in [-0.2, 0) is 13.0 Å². The number of nitrogens with zero attached hydrogens (tertiary/aromatic N) is 1. The van der Waals surface area contributed by atoms with Crippen LogP contribution < -0.4 is 9.47 Å². The monoisotopic (exact) mass is 431 g/mol. The Morgan fingerprint density at radius 2 is 1.70 bits per heavy atom. The number of nitriles is 1. The van der Waals surface area contributed by atoms with Crippen LogP contribution in [0.15, 0.2) is 97.6 Å². The Morgan fingerprint density at radius 1 is 0.939 bits per heavy atom. The Bertz CT molecular complexity index is 1350. The molecule has 3 heteroatoms. The molecular weight excluding hydrogens is 406 g/mol. The Labute approximate surface area is 194 Å². The summed E-state index contributed by atoms with van der Waals surface area (Å²) in [4.78, 5) is 0. The van der Waals surface area contributed by atoms with Crippen LogP contribution in [0.2, 0.25) is 0 Å². The van der Waals surface area contributed by atoms with Crippen molar-refractivity contribution in [2.45, 2.75) is 13.0 Å². The summed E-state index contributed by atoms with van der Waals surface area (Å²) in [5.74, 6) is 1.33. The van der Waals surface area contributed by atoms with Gasteiger partial charge in [-0.1, -0.05) is 72.8 Å². The molecule has 0 aromatic heterocycles. The minimum atomic E-state index is 0.442. The first-order valence-corrected chi connectivity index (χ1v) is 10.8. The molecule has 0 radical (unpaired) electrons. The summed E-state index contributed by atoms with van der Waals surface area (Å²) in [6, 6.07) is 30.5. The Morgan fingerprint density at radius 3 is 2.42 bits per heavy atom. The van der Waals surface area contributed by atoms with Crippen molar-refractivity contribution in [3.63, 3.8) is 0 Å². The van der Waals surface area contributed by atoms with Crippen molar-refractivity contribution in [3.05, 3.63) is 120 Å². The number of rotatable bonds is 8. The Balaban J connectivity index is 1.71. The first-order valence-electron chi connectivity index (χ1n) is 10.8. The van der Waals surface area contributed by atoms with Crippen LogP contribution in [-0.4, -0.2) is 7.11 Å². The Hall–Kier alpha value is -4.29. The highest BCUT2D eigenvalue weighted by Gasteiger charge is 2.13. The molecule has 0 spiro atoms. The van der Waals surface area contributed by atoms with Crippen LogP contribution in [0.25, 0.3) is 22.4 Å². The van der Waals surface area contributed by atoms with Gasteiger partial charge in [-0.05, 0) is 58.2 Å². The molecule has 4 aromatic rings. The van der Waals surface area contributed by atoms with E-state index in [1.807, 2.05) is 84.9 Å². The molecule has 0 amide bonds. The van der Waals surface area contributed by atoms with Gasteiger partial charge in [-0.3, -0.25) is 0 Å². The molecule has 0 saturated carbocycles. The van der Waals surface area contributed by atoms with E-state index in [9.17, 15) is 5.26 Å². The average molecular weight is 432 g/mol. The number of fused-ring (bicyclic) bond motifs is 1. The zero-order chi connectivity index (χ0) is 23.0. The summed E-state index contributed by atoms with van der Waals surface area (Å²) in [6.45, 7) is 4.33. The number of methoxy groups -OCH3 is 1. The SMILES string of the molecule is C=CCc1cc(/C=C(/C#N)c2ccc3ccccc3c2)cc(OC)c1OCc1ccccc1. The maximum Gasteiger partial charge on any atom is 0.165 e. The van der Waals surface area contributed by atoms with Crippen molar-refractivity contribution in [3.8, 4) is 17.6 Å². The highest BCUT2D eigenvalue weighted by atomic mass is 16.5. The highest BCUT2D eigenvalue weighted by molar-refractivity contribution is 5.94. The fraction of sp³-hybridized carbons (Fsp3) is 0.100. The molecule has 0 unspecified atom stereocenters. The molecular formula is C30H25NO2. The largest absolute Gasteiger partial charge is 0.493 e. The van der Waals surface area contributed by atoms with Crippen LogP contribution in [0.4, 0.5) is 0 Å². The molecule has 3 nitrogen and oxygen atoms in total. The number of benzene rings is 4. The maximum atomic E-state index is 9.89. The molecule has 0 aliphatic rings. The molecule has 0 aliphatic heterocycles. The second-order valence-corrected chi connectivity index (χ2v) is 7.71. The lowest BCUT2D eigenvalue weighted by molar-refractivity contribution is 0.282. The number of allylic oxidation sites excluding steroid dienone is 2. The van der Waals surface area contributed by atoms with Gasteiger partial charge in [0.15, 0.2) is 11.5 Å². The molecule has 33 heavy (non-hydrogen) atoms. The van der Waals surface area contributed by atoms with E-state index >= 15 is 0 Å². The summed E-state index contributed by atoms with van der Waals surface area (Å²) < 4.78 is 11.8. The van der Waals surface area contributed by atoms with E-state index in [2.05, 4.69) is 24.8 Å². The van der Waals surface area contributed by atoms with Crippen LogP contribution in [0.5, 0.6) is 11.5 Å². The fourth-order valence-corrected chi connectivity index (χ4v) is 3.82. The highest BCUT2D eigenvalue weighted by Crippen LogP contribution is 2.35. The first-order chi connectivity index (χ1) is 16.2. The molecule has 0 fully saturated rings. The topological polar surface area (TPSA) is 42.2 Å². The molecule has 4 aromatic carbocycles.